The van der Waals surface area contributed by atoms with Crippen molar-refractivity contribution in [3.8, 4) is 0 Å². The van der Waals surface area contributed by atoms with Crippen molar-refractivity contribution >= 4 is 11.5 Å². The van der Waals surface area contributed by atoms with E-state index >= 15 is 0 Å². The van der Waals surface area contributed by atoms with E-state index in [0.29, 0.717) is 6.61 Å². The van der Waals surface area contributed by atoms with Crippen molar-refractivity contribution in [2.75, 3.05) is 51.8 Å². The summed E-state index contributed by atoms with van der Waals surface area (Å²) in [5.41, 5.74) is 1.73. The van der Waals surface area contributed by atoms with Crippen LogP contribution in [0.15, 0.2) is 18.3 Å². The standard InChI is InChI=1S/C14H21N5O2/c1-20-11-12-10-14(19-13(17-12)2-3-16-19)15-4-5-18-6-8-21-9-7-18/h2-3,10,15H,4-9,11H2,1H3. The Morgan fingerprint density at radius 3 is 3.05 bits per heavy atom. The van der Waals surface area contributed by atoms with E-state index in [0.717, 1.165) is 56.6 Å². The van der Waals surface area contributed by atoms with E-state index in [9.17, 15) is 0 Å². The Morgan fingerprint density at radius 2 is 2.24 bits per heavy atom. The van der Waals surface area contributed by atoms with E-state index in [1.165, 1.54) is 0 Å². The Balaban J connectivity index is 1.65. The molecule has 7 heteroatoms. The van der Waals surface area contributed by atoms with E-state index in [2.05, 4.69) is 20.3 Å². The van der Waals surface area contributed by atoms with Crippen molar-refractivity contribution in [2.45, 2.75) is 6.61 Å². The second-order valence-electron chi connectivity index (χ2n) is 5.05. The molecule has 0 amide bonds. The van der Waals surface area contributed by atoms with Crippen molar-refractivity contribution in [3.63, 3.8) is 0 Å². The van der Waals surface area contributed by atoms with Gasteiger partial charge in [0.15, 0.2) is 5.65 Å². The lowest BCUT2D eigenvalue weighted by atomic mass is 10.3. The van der Waals surface area contributed by atoms with E-state index in [4.69, 9.17) is 9.47 Å². The molecule has 0 bridgehead atoms. The summed E-state index contributed by atoms with van der Waals surface area (Å²) in [5, 5.41) is 7.74. The average Bonchev–Trinajstić information content (AvgIpc) is 2.97. The van der Waals surface area contributed by atoms with Crippen molar-refractivity contribution in [1.82, 2.24) is 19.5 Å². The van der Waals surface area contributed by atoms with Crippen LogP contribution in [0.2, 0.25) is 0 Å². The largest absolute Gasteiger partial charge is 0.379 e. The normalized spacial score (nSPS) is 16.4. The molecule has 0 atom stereocenters. The Kier molecular flexibility index (Phi) is 4.64. The van der Waals surface area contributed by atoms with Crippen molar-refractivity contribution in [2.24, 2.45) is 0 Å². The summed E-state index contributed by atoms with van der Waals surface area (Å²) in [5.74, 6) is 0.949. The third-order valence-electron chi connectivity index (χ3n) is 3.54. The predicted octanol–water partition coefficient (Wildman–Crippen LogP) is 0.620. The van der Waals surface area contributed by atoms with Crippen LogP contribution in [0.4, 0.5) is 5.82 Å². The third kappa shape index (κ3) is 3.49. The fraction of sp³-hybridized carbons (Fsp3) is 0.571. The molecule has 0 unspecified atom stereocenters. The number of hydrogen-bond donors (Lipinski definition) is 1. The van der Waals surface area contributed by atoms with Crippen molar-refractivity contribution < 1.29 is 9.47 Å². The van der Waals surface area contributed by atoms with Crippen LogP contribution in [-0.4, -0.2) is 66.0 Å². The van der Waals surface area contributed by atoms with Gasteiger partial charge in [0.05, 0.1) is 31.7 Å². The van der Waals surface area contributed by atoms with Gasteiger partial charge in [-0.15, -0.1) is 0 Å². The molecule has 0 aliphatic carbocycles. The smallest absolute Gasteiger partial charge is 0.157 e. The summed E-state index contributed by atoms with van der Waals surface area (Å²) in [6, 6.07) is 3.88. The summed E-state index contributed by atoms with van der Waals surface area (Å²) in [4.78, 5) is 6.89. The summed E-state index contributed by atoms with van der Waals surface area (Å²) >= 11 is 0. The molecule has 1 saturated heterocycles. The van der Waals surface area contributed by atoms with E-state index in [-0.39, 0.29) is 0 Å². The van der Waals surface area contributed by atoms with Crippen LogP contribution in [-0.2, 0) is 16.1 Å². The van der Waals surface area contributed by atoms with Gasteiger partial charge in [0.25, 0.3) is 0 Å². The molecule has 1 fully saturated rings. The summed E-state index contributed by atoms with van der Waals surface area (Å²) in [6.45, 7) is 6.03. The average molecular weight is 291 g/mol. The molecule has 1 aliphatic rings. The lowest BCUT2D eigenvalue weighted by molar-refractivity contribution is 0.0398. The first-order valence-electron chi connectivity index (χ1n) is 7.23. The molecule has 0 spiro atoms. The maximum Gasteiger partial charge on any atom is 0.157 e. The molecule has 1 aliphatic heterocycles. The Hall–Kier alpha value is -1.70. The monoisotopic (exact) mass is 291 g/mol. The first kappa shape index (κ1) is 14.2. The van der Waals surface area contributed by atoms with Gasteiger partial charge in [0, 0.05) is 45.4 Å². The van der Waals surface area contributed by atoms with Crippen molar-refractivity contribution in [1.29, 1.82) is 0 Å². The molecule has 2 aromatic heterocycles. The van der Waals surface area contributed by atoms with Gasteiger partial charge in [-0.3, -0.25) is 4.90 Å². The molecule has 7 nitrogen and oxygen atoms in total. The summed E-state index contributed by atoms with van der Waals surface area (Å²) < 4.78 is 12.3. The molecule has 0 radical (unpaired) electrons. The Labute approximate surface area is 123 Å². The number of nitrogens with zero attached hydrogens (tertiary/aromatic N) is 4. The molecule has 3 heterocycles. The van der Waals surface area contributed by atoms with Gasteiger partial charge in [-0.1, -0.05) is 0 Å². The molecule has 2 aromatic rings. The molecule has 114 valence electrons. The zero-order valence-corrected chi connectivity index (χ0v) is 12.3. The minimum atomic E-state index is 0.500. The van der Waals surface area contributed by atoms with Gasteiger partial charge >= 0.3 is 0 Å². The first-order chi connectivity index (χ1) is 10.4. The van der Waals surface area contributed by atoms with Gasteiger partial charge < -0.3 is 14.8 Å². The van der Waals surface area contributed by atoms with Crippen LogP contribution >= 0.6 is 0 Å². The summed E-state index contributed by atoms with van der Waals surface area (Å²) in [7, 11) is 1.67. The van der Waals surface area contributed by atoms with Crippen LogP contribution in [0, 0.1) is 0 Å². The number of methoxy groups -OCH3 is 1. The van der Waals surface area contributed by atoms with Gasteiger partial charge in [-0.25, -0.2) is 4.98 Å². The highest BCUT2D eigenvalue weighted by Crippen LogP contribution is 2.12. The van der Waals surface area contributed by atoms with Crippen molar-refractivity contribution in [3.05, 3.63) is 24.0 Å². The van der Waals surface area contributed by atoms with Crippen LogP contribution < -0.4 is 5.32 Å². The maximum absolute atomic E-state index is 5.36. The van der Waals surface area contributed by atoms with Crippen LogP contribution in [0.5, 0.6) is 0 Å². The number of hydrogen-bond acceptors (Lipinski definition) is 6. The fourth-order valence-corrected chi connectivity index (χ4v) is 2.48. The lowest BCUT2D eigenvalue weighted by Gasteiger charge is -2.26. The second-order valence-corrected chi connectivity index (χ2v) is 5.05. The number of rotatable bonds is 6. The van der Waals surface area contributed by atoms with Gasteiger partial charge in [-0.2, -0.15) is 9.61 Å². The predicted molar refractivity (Wildman–Crippen MR) is 79.4 cm³/mol. The minimum absolute atomic E-state index is 0.500. The molecule has 21 heavy (non-hydrogen) atoms. The van der Waals surface area contributed by atoms with Gasteiger partial charge in [-0.05, 0) is 0 Å². The Morgan fingerprint density at radius 1 is 1.38 bits per heavy atom. The minimum Gasteiger partial charge on any atom is -0.379 e. The van der Waals surface area contributed by atoms with Crippen LogP contribution in [0.3, 0.4) is 0 Å². The third-order valence-corrected chi connectivity index (χ3v) is 3.54. The quantitative estimate of drug-likeness (QED) is 0.842. The highest BCUT2D eigenvalue weighted by atomic mass is 16.5. The number of ether oxygens (including phenoxy) is 2. The number of nitrogens with one attached hydrogen (secondary N) is 1. The van der Waals surface area contributed by atoms with Gasteiger partial charge in [0.1, 0.15) is 5.82 Å². The zero-order valence-electron chi connectivity index (χ0n) is 12.3. The number of fused-ring (bicyclic) bond motifs is 1. The van der Waals surface area contributed by atoms with E-state index < -0.39 is 0 Å². The highest BCUT2D eigenvalue weighted by molar-refractivity contribution is 5.49. The lowest BCUT2D eigenvalue weighted by Crippen LogP contribution is -2.39. The fourth-order valence-electron chi connectivity index (χ4n) is 2.48. The molecular weight excluding hydrogens is 270 g/mol. The van der Waals surface area contributed by atoms with Gasteiger partial charge in [0.2, 0.25) is 0 Å². The molecule has 0 saturated carbocycles. The molecule has 3 rings (SSSR count). The maximum atomic E-state index is 5.36. The molecular formula is C14H21N5O2. The van der Waals surface area contributed by atoms with E-state index in [1.54, 1.807) is 13.3 Å². The van der Waals surface area contributed by atoms with Crippen LogP contribution in [0.25, 0.3) is 5.65 Å². The number of anilines is 1. The highest BCUT2D eigenvalue weighted by Gasteiger charge is 2.10. The van der Waals surface area contributed by atoms with Crippen LogP contribution in [0.1, 0.15) is 5.69 Å². The zero-order chi connectivity index (χ0) is 14.5. The summed E-state index contributed by atoms with van der Waals surface area (Å²) in [6.07, 6.45) is 1.76. The molecule has 0 aromatic carbocycles. The molecule has 1 N–H and O–H groups in total. The number of aromatic nitrogens is 3. The first-order valence-corrected chi connectivity index (χ1v) is 7.23. The topological polar surface area (TPSA) is 63.9 Å². The second kappa shape index (κ2) is 6.84. The Bertz CT molecular complexity index is 580. The SMILES string of the molecule is COCc1cc(NCCN2CCOCC2)n2nccc2n1. The number of morpholine rings is 1. The van der Waals surface area contributed by atoms with E-state index in [1.807, 2.05) is 16.6 Å².